The van der Waals surface area contributed by atoms with Gasteiger partial charge in [-0.05, 0) is 75.3 Å². The molecule has 5 heteroatoms. The minimum Gasteiger partial charge on any atom is -0.340 e. The summed E-state index contributed by atoms with van der Waals surface area (Å²) in [6.07, 6.45) is 8.13. The number of nitrogens with one attached hydrogen (secondary N) is 1. The average Bonchev–Trinajstić information content (AvgIpc) is 3.06. The van der Waals surface area contributed by atoms with Crippen molar-refractivity contribution in [2.45, 2.75) is 50.9 Å². The number of fused-ring (bicyclic) bond motifs is 1. The van der Waals surface area contributed by atoms with Crippen LogP contribution in [-0.2, 0) is 5.41 Å². The molecule has 2 aromatic heterocycles. The Bertz CT molecular complexity index is 971. The van der Waals surface area contributed by atoms with E-state index >= 15 is 0 Å². The molecule has 0 unspecified atom stereocenters. The highest BCUT2D eigenvalue weighted by atomic mass is 15.4. The highest BCUT2D eigenvalue weighted by molar-refractivity contribution is 5.58. The lowest BCUT2D eigenvalue weighted by atomic mass is 9.49. The molecule has 4 saturated carbocycles. The van der Waals surface area contributed by atoms with Gasteiger partial charge in [-0.15, -0.1) is 5.10 Å². The molecule has 0 amide bonds. The number of hydrogen-bond acceptors (Lipinski definition) is 4. The Morgan fingerprint density at radius 1 is 0.963 bits per heavy atom. The molecule has 4 aliphatic carbocycles. The predicted molar refractivity (Wildman–Crippen MR) is 105 cm³/mol. The van der Waals surface area contributed by atoms with Crippen LogP contribution in [-0.4, -0.2) is 19.6 Å². The highest BCUT2D eigenvalue weighted by Gasteiger charge is 2.53. The van der Waals surface area contributed by atoms with Crippen molar-refractivity contribution in [3.05, 3.63) is 47.9 Å². The van der Waals surface area contributed by atoms with Crippen LogP contribution in [0.25, 0.3) is 5.78 Å². The summed E-state index contributed by atoms with van der Waals surface area (Å²) in [6, 6.07) is 12.3. The number of aryl methyl sites for hydroxylation is 1. The average molecular weight is 359 g/mol. The largest absolute Gasteiger partial charge is 0.340 e. The summed E-state index contributed by atoms with van der Waals surface area (Å²) >= 11 is 0. The molecular formula is C22H25N5. The third kappa shape index (κ3) is 2.47. The Labute approximate surface area is 159 Å². The van der Waals surface area contributed by atoms with Gasteiger partial charge < -0.3 is 5.32 Å². The predicted octanol–water partition coefficient (Wildman–Crippen LogP) is 4.64. The quantitative estimate of drug-likeness (QED) is 0.740. The molecule has 0 atom stereocenters. The molecule has 138 valence electrons. The van der Waals surface area contributed by atoms with E-state index in [2.05, 4.69) is 28.5 Å². The molecule has 0 spiro atoms. The number of benzene rings is 1. The van der Waals surface area contributed by atoms with Crippen molar-refractivity contribution >= 4 is 17.3 Å². The van der Waals surface area contributed by atoms with E-state index in [-0.39, 0.29) is 5.41 Å². The molecule has 7 rings (SSSR count). The van der Waals surface area contributed by atoms with Crippen LogP contribution in [0.2, 0.25) is 0 Å². The molecule has 27 heavy (non-hydrogen) atoms. The molecule has 2 heterocycles. The van der Waals surface area contributed by atoms with E-state index in [1.165, 1.54) is 38.5 Å². The Morgan fingerprint density at radius 3 is 2.30 bits per heavy atom. The van der Waals surface area contributed by atoms with Crippen LogP contribution in [0.3, 0.4) is 0 Å². The summed E-state index contributed by atoms with van der Waals surface area (Å²) in [5.41, 5.74) is 2.21. The van der Waals surface area contributed by atoms with E-state index in [0.29, 0.717) is 0 Å². The first-order valence-corrected chi connectivity index (χ1v) is 10.2. The lowest BCUT2D eigenvalue weighted by Crippen LogP contribution is -2.49. The topological polar surface area (TPSA) is 55.1 Å². The monoisotopic (exact) mass is 359 g/mol. The smallest absolute Gasteiger partial charge is 0.254 e. The standard InChI is InChI=1S/C22H25N5/c1-14-7-19(24-18-5-3-2-4-6-18)27-21(23-14)25-20(26-27)22-11-15-8-16(12-22)10-17(9-15)13-22/h2-7,15-17,24H,8-13H2,1H3. The van der Waals surface area contributed by atoms with Gasteiger partial charge in [0, 0.05) is 22.9 Å². The van der Waals surface area contributed by atoms with Gasteiger partial charge in [0.2, 0.25) is 0 Å². The number of para-hydroxylation sites is 1. The maximum Gasteiger partial charge on any atom is 0.254 e. The van der Waals surface area contributed by atoms with E-state index in [1.807, 2.05) is 29.6 Å². The SMILES string of the molecule is Cc1cc(Nc2ccccc2)n2nc(C34CC5CC(CC(C5)C3)C4)nc2n1. The van der Waals surface area contributed by atoms with Crippen molar-refractivity contribution in [2.75, 3.05) is 5.32 Å². The van der Waals surface area contributed by atoms with Crippen LogP contribution < -0.4 is 5.32 Å². The Hall–Kier alpha value is -2.43. The van der Waals surface area contributed by atoms with Crippen LogP contribution in [0.5, 0.6) is 0 Å². The van der Waals surface area contributed by atoms with Gasteiger partial charge in [-0.3, -0.25) is 0 Å². The summed E-state index contributed by atoms with van der Waals surface area (Å²) in [6.45, 7) is 2.02. The van der Waals surface area contributed by atoms with Crippen LogP contribution in [0.1, 0.15) is 50.0 Å². The maximum absolute atomic E-state index is 5.02. The minimum absolute atomic E-state index is 0.195. The molecule has 4 aliphatic rings. The molecule has 0 radical (unpaired) electrons. The van der Waals surface area contributed by atoms with Gasteiger partial charge in [0.1, 0.15) is 5.82 Å². The zero-order valence-corrected chi connectivity index (χ0v) is 15.7. The van der Waals surface area contributed by atoms with Crippen molar-refractivity contribution in [3.8, 4) is 0 Å². The molecule has 1 N–H and O–H groups in total. The fraction of sp³-hybridized carbons (Fsp3) is 0.500. The number of aromatic nitrogens is 4. The summed E-state index contributed by atoms with van der Waals surface area (Å²) in [7, 11) is 0. The third-order valence-corrected chi connectivity index (χ3v) is 7.00. The van der Waals surface area contributed by atoms with Crippen molar-refractivity contribution < 1.29 is 0 Å². The van der Waals surface area contributed by atoms with Gasteiger partial charge in [-0.2, -0.15) is 9.50 Å². The zero-order chi connectivity index (χ0) is 18.0. The van der Waals surface area contributed by atoms with Crippen LogP contribution in [0, 0.1) is 24.7 Å². The molecule has 3 aromatic rings. The highest BCUT2D eigenvalue weighted by Crippen LogP contribution is 2.60. The van der Waals surface area contributed by atoms with E-state index in [0.717, 1.165) is 46.6 Å². The Balaban J connectivity index is 1.44. The summed E-state index contributed by atoms with van der Waals surface area (Å²) < 4.78 is 1.91. The molecule has 4 fully saturated rings. The van der Waals surface area contributed by atoms with Crippen molar-refractivity contribution in [1.29, 1.82) is 0 Å². The van der Waals surface area contributed by atoms with E-state index < -0.39 is 0 Å². The van der Waals surface area contributed by atoms with Gasteiger partial charge in [0.05, 0.1) is 0 Å². The van der Waals surface area contributed by atoms with Crippen LogP contribution >= 0.6 is 0 Å². The Morgan fingerprint density at radius 2 is 1.63 bits per heavy atom. The second-order valence-electron chi connectivity index (χ2n) is 9.12. The lowest BCUT2D eigenvalue weighted by Gasteiger charge is -2.55. The first-order chi connectivity index (χ1) is 13.2. The van der Waals surface area contributed by atoms with Gasteiger partial charge in [-0.25, -0.2) is 4.98 Å². The second kappa shape index (κ2) is 5.54. The molecule has 0 aliphatic heterocycles. The molecular weight excluding hydrogens is 334 g/mol. The first kappa shape index (κ1) is 15.6. The Kier molecular flexibility index (Phi) is 3.20. The molecule has 1 aromatic carbocycles. The van der Waals surface area contributed by atoms with E-state index in [9.17, 15) is 0 Å². The number of rotatable bonds is 3. The summed E-state index contributed by atoms with van der Waals surface area (Å²) in [5.74, 6) is 5.36. The van der Waals surface area contributed by atoms with Gasteiger partial charge >= 0.3 is 0 Å². The summed E-state index contributed by atoms with van der Waals surface area (Å²) in [5, 5.41) is 8.52. The molecule has 4 bridgehead atoms. The second-order valence-corrected chi connectivity index (χ2v) is 9.12. The maximum atomic E-state index is 5.02. The van der Waals surface area contributed by atoms with Crippen LogP contribution in [0.4, 0.5) is 11.5 Å². The minimum atomic E-state index is 0.195. The van der Waals surface area contributed by atoms with E-state index in [1.54, 1.807) is 0 Å². The molecule has 0 saturated heterocycles. The van der Waals surface area contributed by atoms with Gasteiger partial charge in [0.15, 0.2) is 5.82 Å². The third-order valence-electron chi connectivity index (χ3n) is 7.00. The first-order valence-electron chi connectivity index (χ1n) is 10.2. The van der Waals surface area contributed by atoms with Crippen LogP contribution in [0.15, 0.2) is 36.4 Å². The van der Waals surface area contributed by atoms with Gasteiger partial charge in [0.25, 0.3) is 5.78 Å². The lowest BCUT2D eigenvalue weighted by molar-refractivity contribution is -0.00925. The fourth-order valence-corrected chi connectivity index (χ4v) is 6.35. The summed E-state index contributed by atoms with van der Waals surface area (Å²) in [4.78, 5) is 9.64. The van der Waals surface area contributed by atoms with Crippen molar-refractivity contribution in [2.24, 2.45) is 17.8 Å². The zero-order valence-electron chi connectivity index (χ0n) is 15.7. The number of anilines is 2. The van der Waals surface area contributed by atoms with Crippen molar-refractivity contribution in [3.63, 3.8) is 0 Å². The number of hydrogen-bond donors (Lipinski definition) is 1. The van der Waals surface area contributed by atoms with Crippen molar-refractivity contribution in [1.82, 2.24) is 19.6 Å². The fourth-order valence-electron chi connectivity index (χ4n) is 6.35. The molecule has 5 nitrogen and oxygen atoms in total. The van der Waals surface area contributed by atoms with Gasteiger partial charge in [-0.1, -0.05) is 18.2 Å². The normalized spacial score (nSPS) is 31.5. The number of nitrogens with zero attached hydrogens (tertiary/aromatic N) is 4. The van der Waals surface area contributed by atoms with E-state index in [4.69, 9.17) is 10.1 Å².